The summed E-state index contributed by atoms with van der Waals surface area (Å²) in [6.07, 6.45) is 3.99. The molecule has 166 valence electrons. The first-order valence-corrected chi connectivity index (χ1v) is 11.3. The Morgan fingerprint density at radius 1 is 1.26 bits per heavy atom. The highest BCUT2D eigenvalue weighted by molar-refractivity contribution is 5.98. The average Bonchev–Trinajstić information content (AvgIpc) is 2.77. The molecule has 1 aliphatic rings. The van der Waals surface area contributed by atoms with E-state index in [4.69, 9.17) is 9.72 Å². The maximum absolute atomic E-state index is 12.1. The Bertz CT molecular complexity index is 1020. The molecule has 0 radical (unpaired) electrons. The highest BCUT2D eigenvalue weighted by atomic mass is 16.5. The van der Waals surface area contributed by atoms with Crippen LogP contribution in [-0.2, 0) is 20.7 Å². The van der Waals surface area contributed by atoms with Crippen molar-refractivity contribution in [2.75, 3.05) is 6.61 Å². The summed E-state index contributed by atoms with van der Waals surface area (Å²) in [5.74, 6) is -0.272. The molecular formula is C27H35NO3. The molecule has 2 heterocycles. The lowest BCUT2D eigenvalue weighted by Crippen LogP contribution is -2.27. The van der Waals surface area contributed by atoms with Crippen molar-refractivity contribution in [2.45, 2.75) is 61.3 Å². The first-order chi connectivity index (χ1) is 14.8. The molecule has 0 bridgehead atoms. The number of aromatic nitrogens is 1. The van der Waals surface area contributed by atoms with Crippen LogP contribution in [0.1, 0.15) is 66.1 Å². The van der Waals surface area contributed by atoms with E-state index < -0.39 is 5.92 Å². The van der Waals surface area contributed by atoms with Gasteiger partial charge in [-0.3, -0.25) is 9.59 Å². The molecule has 1 aliphatic heterocycles. The van der Waals surface area contributed by atoms with Crippen LogP contribution in [0.3, 0.4) is 0 Å². The van der Waals surface area contributed by atoms with E-state index in [-0.39, 0.29) is 18.4 Å². The summed E-state index contributed by atoms with van der Waals surface area (Å²) in [7, 11) is 0. The molecule has 4 nitrogen and oxygen atoms in total. The number of allylic oxidation sites excluding steroid dienone is 2. The predicted octanol–water partition coefficient (Wildman–Crippen LogP) is 6.33. The van der Waals surface area contributed by atoms with Crippen LogP contribution < -0.4 is 0 Å². The van der Waals surface area contributed by atoms with Gasteiger partial charge in [0.1, 0.15) is 6.61 Å². The number of carbonyl (C=O) groups is 2. The fraction of sp³-hybridized carbons (Fsp3) is 0.444. The fourth-order valence-electron chi connectivity index (χ4n) is 3.74. The van der Waals surface area contributed by atoms with E-state index in [0.717, 1.165) is 40.6 Å². The molecule has 0 fully saturated rings. The van der Waals surface area contributed by atoms with Crippen molar-refractivity contribution >= 4 is 28.2 Å². The zero-order valence-electron chi connectivity index (χ0n) is 19.9. The van der Waals surface area contributed by atoms with Crippen molar-refractivity contribution in [3.05, 3.63) is 58.8 Å². The van der Waals surface area contributed by atoms with Crippen molar-refractivity contribution in [3.63, 3.8) is 0 Å². The van der Waals surface area contributed by atoms with Gasteiger partial charge in [-0.15, -0.1) is 0 Å². The molecular weight excluding hydrogens is 386 g/mol. The molecule has 1 aromatic heterocycles. The van der Waals surface area contributed by atoms with E-state index in [9.17, 15) is 9.59 Å². The van der Waals surface area contributed by atoms with Gasteiger partial charge >= 0.3 is 5.97 Å². The maximum Gasteiger partial charge on any atom is 0.313 e. The molecule has 3 rings (SSSR count). The molecule has 31 heavy (non-hydrogen) atoms. The number of nitrogens with zero attached hydrogens (tertiary/aromatic N) is 1. The molecule has 0 N–H and O–H groups in total. The SMILES string of the molecule is CC.CCC(C)Cc1cc2ccccc2nc1/C(C)=C/C1=C(C(C)=O)COC(=O)C1C. The summed E-state index contributed by atoms with van der Waals surface area (Å²) < 4.78 is 5.17. The van der Waals surface area contributed by atoms with Gasteiger partial charge in [0.05, 0.1) is 17.1 Å². The fourth-order valence-corrected chi connectivity index (χ4v) is 3.74. The van der Waals surface area contributed by atoms with Crippen LogP contribution in [0.2, 0.25) is 0 Å². The second-order valence-corrected chi connectivity index (χ2v) is 8.05. The van der Waals surface area contributed by atoms with E-state index in [0.29, 0.717) is 11.5 Å². The van der Waals surface area contributed by atoms with Gasteiger partial charge < -0.3 is 4.74 Å². The molecule has 0 aliphatic carbocycles. The monoisotopic (exact) mass is 421 g/mol. The number of para-hydroxylation sites is 1. The number of fused-ring (bicyclic) bond motifs is 1. The predicted molar refractivity (Wildman–Crippen MR) is 128 cm³/mol. The molecule has 0 amide bonds. The molecule has 0 spiro atoms. The quantitative estimate of drug-likeness (QED) is 0.511. The number of rotatable bonds is 6. The van der Waals surface area contributed by atoms with Crippen LogP contribution in [0.5, 0.6) is 0 Å². The Hall–Kier alpha value is -2.75. The second kappa shape index (κ2) is 11.0. The van der Waals surface area contributed by atoms with Crippen molar-refractivity contribution in [2.24, 2.45) is 11.8 Å². The van der Waals surface area contributed by atoms with Gasteiger partial charge in [0.15, 0.2) is 5.78 Å². The van der Waals surface area contributed by atoms with Crippen molar-refractivity contribution < 1.29 is 14.3 Å². The van der Waals surface area contributed by atoms with Crippen LogP contribution in [0.15, 0.2) is 47.6 Å². The minimum atomic E-state index is -0.462. The topological polar surface area (TPSA) is 56.3 Å². The molecule has 1 aromatic carbocycles. The van der Waals surface area contributed by atoms with E-state index in [1.54, 1.807) is 6.92 Å². The molecule has 2 unspecified atom stereocenters. The molecule has 2 aromatic rings. The number of cyclic esters (lactones) is 1. The van der Waals surface area contributed by atoms with Gasteiger partial charge in [0, 0.05) is 11.0 Å². The minimum Gasteiger partial charge on any atom is -0.460 e. The summed E-state index contributed by atoms with van der Waals surface area (Å²) in [5.41, 5.74) is 5.36. The third-order valence-corrected chi connectivity index (χ3v) is 5.77. The smallest absolute Gasteiger partial charge is 0.313 e. The van der Waals surface area contributed by atoms with E-state index in [2.05, 4.69) is 26.0 Å². The highest BCUT2D eigenvalue weighted by Gasteiger charge is 2.29. The van der Waals surface area contributed by atoms with Crippen LogP contribution in [-0.4, -0.2) is 23.3 Å². The Kier molecular flexibility index (Phi) is 8.73. The zero-order chi connectivity index (χ0) is 23.1. The summed E-state index contributed by atoms with van der Waals surface area (Å²) in [6, 6.07) is 10.3. The standard InChI is InChI=1S/C25H29NO3.C2H6/c1-6-15(2)11-20-13-19-9-7-8-10-23(19)26-24(20)16(3)12-21-17(4)25(28)29-14-22(21)18(5)27;1-2/h7-10,12-13,15,17H,6,11,14H2,1-5H3;1-2H3/b16-12+;. The van der Waals surface area contributed by atoms with Gasteiger partial charge in [-0.2, -0.15) is 0 Å². The van der Waals surface area contributed by atoms with Crippen molar-refractivity contribution in [3.8, 4) is 0 Å². The number of hydrogen-bond acceptors (Lipinski definition) is 4. The Morgan fingerprint density at radius 3 is 2.58 bits per heavy atom. The number of carbonyl (C=O) groups excluding carboxylic acids is 2. The van der Waals surface area contributed by atoms with E-state index in [1.165, 1.54) is 12.5 Å². The number of benzene rings is 1. The number of ketones is 1. The second-order valence-electron chi connectivity index (χ2n) is 8.05. The van der Waals surface area contributed by atoms with Crippen LogP contribution in [0.25, 0.3) is 16.5 Å². The van der Waals surface area contributed by atoms with Gasteiger partial charge in [0.25, 0.3) is 0 Å². The largest absolute Gasteiger partial charge is 0.460 e. The maximum atomic E-state index is 12.1. The van der Waals surface area contributed by atoms with Gasteiger partial charge in [-0.1, -0.05) is 58.4 Å². The van der Waals surface area contributed by atoms with E-state index in [1.807, 2.05) is 45.0 Å². The van der Waals surface area contributed by atoms with Crippen LogP contribution in [0, 0.1) is 11.8 Å². The molecule has 0 saturated heterocycles. The van der Waals surface area contributed by atoms with E-state index >= 15 is 0 Å². The summed E-state index contributed by atoms with van der Waals surface area (Å²) in [4.78, 5) is 29.2. The first kappa shape index (κ1) is 24.5. The summed E-state index contributed by atoms with van der Waals surface area (Å²) >= 11 is 0. The third kappa shape index (κ3) is 5.69. The van der Waals surface area contributed by atoms with Crippen LogP contribution in [0.4, 0.5) is 0 Å². The number of esters is 1. The number of Topliss-reactive ketones (excluding diaryl/α,β-unsaturated/α-hetero) is 1. The first-order valence-electron chi connectivity index (χ1n) is 11.3. The third-order valence-electron chi connectivity index (χ3n) is 5.77. The number of hydrogen-bond donors (Lipinski definition) is 0. The normalized spacial score (nSPS) is 17.7. The van der Waals surface area contributed by atoms with Gasteiger partial charge in [-0.25, -0.2) is 4.98 Å². The molecule has 2 atom stereocenters. The van der Waals surface area contributed by atoms with Crippen molar-refractivity contribution in [1.29, 1.82) is 0 Å². The molecule has 0 saturated carbocycles. The lowest BCUT2D eigenvalue weighted by molar-refractivity contribution is -0.147. The Morgan fingerprint density at radius 2 is 1.94 bits per heavy atom. The minimum absolute atomic E-state index is 0.0441. The zero-order valence-corrected chi connectivity index (χ0v) is 19.9. The summed E-state index contributed by atoms with van der Waals surface area (Å²) in [6.45, 7) is 13.8. The lowest BCUT2D eigenvalue weighted by atomic mass is 9.88. The van der Waals surface area contributed by atoms with Gasteiger partial charge in [0.2, 0.25) is 0 Å². The van der Waals surface area contributed by atoms with Gasteiger partial charge in [-0.05, 0) is 62.0 Å². The highest BCUT2D eigenvalue weighted by Crippen LogP contribution is 2.30. The van der Waals surface area contributed by atoms with Crippen molar-refractivity contribution in [1.82, 2.24) is 4.98 Å². The number of ether oxygens (including phenoxy) is 1. The lowest BCUT2D eigenvalue weighted by Gasteiger charge is -2.23. The summed E-state index contributed by atoms with van der Waals surface area (Å²) in [5, 5.41) is 1.13. The Balaban J connectivity index is 0.00000166. The number of pyridine rings is 1. The van der Waals surface area contributed by atoms with Crippen LogP contribution >= 0.6 is 0 Å². The molecule has 4 heteroatoms. The average molecular weight is 422 g/mol. The Labute approximate surface area is 186 Å².